The molecule has 0 fully saturated rings. The van der Waals surface area contributed by atoms with Gasteiger partial charge in [0.15, 0.2) is 5.96 Å². The Kier molecular flexibility index (Phi) is 5.61. The van der Waals surface area contributed by atoms with Crippen LogP contribution in [0.5, 0.6) is 0 Å². The van der Waals surface area contributed by atoms with Gasteiger partial charge in [-0.15, -0.1) is 0 Å². The molecule has 0 unspecified atom stereocenters. The molecule has 2 aromatic rings. The van der Waals surface area contributed by atoms with Gasteiger partial charge in [-0.05, 0) is 17.6 Å². The Morgan fingerprint density at radius 3 is 2.62 bits per heavy atom. The third-order valence-electron chi connectivity index (χ3n) is 4.75. The average Bonchev–Trinajstić information content (AvgIpc) is 3.04. The number of hydrogen-bond acceptors (Lipinski definition) is 3. The number of imidazole rings is 1. The van der Waals surface area contributed by atoms with Crippen LogP contribution in [0.1, 0.15) is 17.7 Å². The van der Waals surface area contributed by atoms with E-state index in [1.807, 2.05) is 39.3 Å². The van der Waals surface area contributed by atoms with Gasteiger partial charge in [0.1, 0.15) is 0 Å². The highest BCUT2D eigenvalue weighted by Gasteiger charge is 2.17. The van der Waals surface area contributed by atoms with Gasteiger partial charge in [-0.25, -0.2) is 4.98 Å². The molecule has 26 heavy (non-hydrogen) atoms. The molecule has 0 radical (unpaired) electrons. The molecule has 1 aromatic heterocycles. The lowest BCUT2D eigenvalue weighted by molar-refractivity contribution is 0.439. The third-order valence-corrected chi connectivity index (χ3v) is 4.75. The predicted octanol–water partition coefficient (Wildman–Crippen LogP) is 2.35. The summed E-state index contributed by atoms with van der Waals surface area (Å²) in [7, 11) is 7.89. The Hall–Kier alpha value is -2.76. The first-order valence-electron chi connectivity index (χ1n) is 8.98. The van der Waals surface area contributed by atoms with E-state index in [1.54, 1.807) is 0 Å². The number of guanidine groups is 1. The number of benzene rings is 1. The van der Waals surface area contributed by atoms with Gasteiger partial charge in [0.25, 0.3) is 0 Å². The van der Waals surface area contributed by atoms with E-state index in [0.717, 1.165) is 37.1 Å². The number of nitrogens with zero attached hydrogens (tertiary/aromatic N) is 5. The first-order chi connectivity index (χ1) is 12.6. The molecule has 0 atom stereocenters. The van der Waals surface area contributed by atoms with Crippen molar-refractivity contribution in [3.05, 3.63) is 53.9 Å². The quantitative estimate of drug-likeness (QED) is 0.678. The van der Waals surface area contributed by atoms with E-state index in [9.17, 15) is 0 Å². The molecule has 1 aromatic carbocycles. The first kappa shape index (κ1) is 18.0. The molecule has 0 bridgehead atoms. The second-order valence-corrected chi connectivity index (χ2v) is 6.70. The van der Waals surface area contributed by atoms with Crippen LogP contribution < -0.4 is 10.2 Å². The molecule has 138 valence electrons. The SMILES string of the molecule is CN=C(NCc1cnc(N(C)C)n1C)N1CC=C(c2ccccc2)CC1. The smallest absolute Gasteiger partial charge is 0.204 e. The Morgan fingerprint density at radius 2 is 2.04 bits per heavy atom. The highest BCUT2D eigenvalue weighted by Crippen LogP contribution is 2.22. The monoisotopic (exact) mass is 352 g/mol. The van der Waals surface area contributed by atoms with Crippen molar-refractivity contribution in [3.63, 3.8) is 0 Å². The summed E-state index contributed by atoms with van der Waals surface area (Å²) in [4.78, 5) is 13.2. The van der Waals surface area contributed by atoms with Crippen LogP contribution in [-0.4, -0.2) is 54.6 Å². The second kappa shape index (κ2) is 8.08. The number of aliphatic imine (C=N–C) groups is 1. The van der Waals surface area contributed by atoms with E-state index < -0.39 is 0 Å². The van der Waals surface area contributed by atoms with E-state index >= 15 is 0 Å². The van der Waals surface area contributed by atoms with Crippen molar-refractivity contribution in [1.82, 2.24) is 19.8 Å². The van der Waals surface area contributed by atoms with Crippen LogP contribution in [0.15, 0.2) is 47.6 Å². The van der Waals surface area contributed by atoms with Crippen LogP contribution in [0.2, 0.25) is 0 Å². The Bertz CT molecular complexity index is 788. The van der Waals surface area contributed by atoms with Crippen LogP contribution in [-0.2, 0) is 13.6 Å². The van der Waals surface area contributed by atoms with Crippen molar-refractivity contribution in [3.8, 4) is 0 Å². The van der Waals surface area contributed by atoms with E-state index in [-0.39, 0.29) is 0 Å². The molecule has 0 spiro atoms. The van der Waals surface area contributed by atoms with Crippen molar-refractivity contribution in [2.24, 2.45) is 12.0 Å². The van der Waals surface area contributed by atoms with Crippen LogP contribution >= 0.6 is 0 Å². The standard InChI is InChI=1S/C20H28N6/c1-21-19(22-14-18-15-23-20(24(2)3)25(18)4)26-12-10-17(11-13-26)16-8-6-5-7-9-16/h5-10,15H,11-14H2,1-4H3,(H,21,22). The highest BCUT2D eigenvalue weighted by molar-refractivity contribution is 5.81. The average molecular weight is 352 g/mol. The molecule has 0 saturated carbocycles. The lowest BCUT2D eigenvalue weighted by Crippen LogP contribution is -2.43. The van der Waals surface area contributed by atoms with E-state index in [4.69, 9.17) is 0 Å². The van der Waals surface area contributed by atoms with E-state index in [2.05, 4.69) is 61.2 Å². The molecule has 6 nitrogen and oxygen atoms in total. The lowest BCUT2D eigenvalue weighted by atomic mass is 10.00. The summed E-state index contributed by atoms with van der Waals surface area (Å²) in [6, 6.07) is 10.6. The van der Waals surface area contributed by atoms with Crippen LogP contribution in [0.4, 0.5) is 5.95 Å². The number of nitrogens with one attached hydrogen (secondary N) is 1. The fourth-order valence-corrected chi connectivity index (χ4v) is 3.29. The fourth-order valence-electron chi connectivity index (χ4n) is 3.29. The van der Waals surface area contributed by atoms with Gasteiger partial charge >= 0.3 is 0 Å². The summed E-state index contributed by atoms with van der Waals surface area (Å²) >= 11 is 0. The van der Waals surface area contributed by atoms with Gasteiger partial charge in [-0.2, -0.15) is 0 Å². The molecule has 0 amide bonds. The summed E-state index contributed by atoms with van der Waals surface area (Å²) < 4.78 is 2.10. The Balaban J connectivity index is 1.61. The molecule has 1 N–H and O–H groups in total. The maximum absolute atomic E-state index is 4.46. The minimum atomic E-state index is 0.704. The molecule has 3 rings (SSSR count). The zero-order valence-electron chi connectivity index (χ0n) is 16.1. The zero-order chi connectivity index (χ0) is 18.5. The molecule has 0 aliphatic carbocycles. The van der Waals surface area contributed by atoms with Gasteiger partial charge in [0, 0.05) is 41.3 Å². The zero-order valence-corrected chi connectivity index (χ0v) is 16.1. The molecular weight excluding hydrogens is 324 g/mol. The number of hydrogen-bond donors (Lipinski definition) is 1. The predicted molar refractivity (Wildman–Crippen MR) is 108 cm³/mol. The van der Waals surface area contributed by atoms with Crippen molar-refractivity contribution in [2.75, 3.05) is 39.1 Å². The normalized spacial score (nSPS) is 15.0. The Morgan fingerprint density at radius 1 is 1.27 bits per heavy atom. The van der Waals surface area contributed by atoms with Gasteiger partial charge < -0.3 is 19.7 Å². The van der Waals surface area contributed by atoms with Crippen molar-refractivity contribution in [1.29, 1.82) is 0 Å². The Labute approximate surface area is 155 Å². The van der Waals surface area contributed by atoms with Gasteiger partial charge in [0.2, 0.25) is 5.95 Å². The maximum atomic E-state index is 4.46. The summed E-state index contributed by atoms with van der Waals surface area (Å²) in [6.45, 7) is 2.54. The van der Waals surface area contributed by atoms with Crippen LogP contribution in [0, 0.1) is 0 Å². The van der Waals surface area contributed by atoms with Gasteiger partial charge in [-0.1, -0.05) is 36.4 Å². The third kappa shape index (κ3) is 3.90. The molecule has 2 heterocycles. The summed E-state index contributed by atoms with van der Waals surface area (Å²) in [6.07, 6.45) is 5.25. The minimum Gasteiger partial charge on any atom is -0.351 e. The molecular formula is C20H28N6. The van der Waals surface area contributed by atoms with Gasteiger partial charge in [0.05, 0.1) is 18.4 Å². The molecule has 0 saturated heterocycles. The topological polar surface area (TPSA) is 48.7 Å². The first-order valence-corrected chi connectivity index (χ1v) is 8.98. The molecule has 1 aliphatic rings. The largest absolute Gasteiger partial charge is 0.351 e. The number of aromatic nitrogens is 2. The fraction of sp³-hybridized carbons (Fsp3) is 0.400. The molecule has 1 aliphatic heterocycles. The highest BCUT2D eigenvalue weighted by atomic mass is 15.3. The van der Waals surface area contributed by atoms with Gasteiger partial charge in [-0.3, -0.25) is 4.99 Å². The van der Waals surface area contributed by atoms with Crippen molar-refractivity contribution < 1.29 is 0 Å². The number of anilines is 1. The minimum absolute atomic E-state index is 0.704. The number of rotatable bonds is 4. The lowest BCUT2D eigenvalue weighted by Gasteiger charge is -2.29. The second-order valence-electron chi connectivity index (χ2n) is 6.70. The van der Waals surface area contributed by atoms with E-state index in [0.29, 0.717) is 6.54 Å². The summed E-state index contributed by atoms with van der Waals surface area (Å²) in [5.41, 5.74) is 3.87. The van der Waals surface area contributed by atoms with E-state index in [1.165, 1.54) is 11.1 Å². The van der Waals surface area contributed by atoms with Crippen molar-refractivity contribution in [2.45, 2.75) is 13.0 Å². The summed E-state index contributed by atoms with van der Waals surface area (Å²) in [5.74, 6) is 1.88. The maximum Gasteiger partial charge on any atom is 0.204 e. The summed E-state index contributed by atoms with van der Waals surface area (Å²) in [5, 5.41) is 3.47. The molecule has 6 heteroatoms. The van der Waals surface area contributed by atoms with Crippen LogP contribution in [0.25, 0.3) is 5.57 Å². The van der Waals surface area contributed by atoms with Crippen LogP contribution in [0.3, 0.4) is 0 Å². The van der Waals surface area contributed by atoms with Crippen molar-refractivity contribution >= 4 is 17.5 Å².